The number of fused-ring (bicyclic) bond motifs is 5. The average Bonchev–Trinajstić information content (AvgIpc) is 3.46. The number of hydrogen-bond acceptors (Lipinski definition) is 2. The molecule has 0 heterocycles. The molecule has 4 unspecified atom stereocenters. The molecular weight excluding hydrogens is 621 g/mol. The van der Waals surface area contributed by atoms with Crippen molar-refractivity contribution in [2.24, 2.45) is 46.3 Å². The van der Waals surface area contributed by atoms with Crippen LogP contribution in [0.5, 0.6) is 0 Å². The lowest BCUT2D eigenvalue weighted by atomic mass is 9.47. The Morgan fingerprint density at radius 2 is 1.43 bits per heavy atom. The molecule has 0 saturated heterocycles. The standard InChI is InChI=1S/C49H78O2/c1-7-8-9-10-11-12-13-14-15-16-17-18-19-20-21-22-23-24-25-29-47(50)51-42-34-36-48(5)41(38-42)30-31-43-45-33-32-44(40(4)28-26-27-39(2)3)49(45,6)37-35-46(43)48/h8-9,11-12,14-15,17-18,20-21,30,39-40,42-46H,7,10,13,16,19,22-29,31-38H2,1-6H3/b9-8-,12-11-,15-14-,18-17-,21-20-/t40-,42+,43?,44?,45?,46?,48+,49-/m1/s1. The van der Waals surface area contributed by atoms with Crippen molar-refractivity contribution in [2.45, 2.75) is 182 Å². The monoisotopic (exact) mass is 699 g/mol. The SMILES string of the molecule is CC/C=C\C/C=C\C/C=C\C/C=C\C/C=C\CCCCCC(=O)O[C@H]1CC[C@@]2(C)C(=CCC3C4CCC([C@H](C)CCCC(C)C)[C@@]4(C)CCC32)C1. The molecule has 286 valence electrons. The molecule has 4 aliphatic carbocycles. The Bertz CT molecular complexity index is 1210. The highest BCUT2D eigenvalue weighted by molar-refractivity contribution is 5.69. The van der Waals surface area contributed by atoms with Crippen molar-refractivity contribution in [3.63, 3.8) is 0 Å². The zero-order chi connectivity index (χ0) is 36.5. The van der Waals surface area contributed by atoms with Gasteiger partial charge in [-0.25, -0.2) is 0 Å². The highest BCUT2D eigenvalue weighted by Crippen LogP contribution is 2.67. The highest BCUT2D eigenvalue weighted by atomic mass is 16.5. The maximum atomic E-state index is 12.8. The molecule has 8 atom stereocenters. The lowest BCUT2D eigenvalue weighted by Gasteiger charge is -2.58. The molecule has 51 heavy (non-hydrogen) atoms. The van der Waals surface area contributed by atoms with Gasteiger partial charge < -0.3 is 4.74 Å². The van der Waals surface area contributed by atoms with Gasteiger partial charge in [-0.1, -0.05) is 140 Å². The molecule has 0 aromatic rings. The third-order valence-electron chi connectivity index (χ3n) is 14.0. The number of esters is 1. The molecule has 0 aliphatic heterocycles. The molecule has 0 N–H and O–H groups in total. The summed E-state index contributed by atoms with van der Waals surface area (Å²) >= 11 is 0. The van der Waals surface area contributed by atoms with E-state index >= 15 is 0 Å². The number of unbranched alkanes of at least 4 members (excludes halogenated alkanes) is 3. The summed E-state index contributed by atoms with van der Waals surface area (Å²) in [5.41, 5.74) is 2.49. The first kappa shape index (κ1) is 41.7. The third-order valence-corrected chi connectivity index (χ3v) is 14.0. The number of carbonyl (C=O) groups excluding carboxylic acids is 1. The summed E-state index contributed by atoms with van der Waals surface area (Å²) < 4.78 is 6.12. The van der Waals surface area contributed by atoms with Crippen LogP contribution in [0, 0.1) is 46.3 Å². The van der Waals surface area contributed by atoms with E-state index < -0.39 is 0 Å². The van der Waals surface area contributed by atoms with Crippen molar-refractivity contribution < 1.29 is 9.53 Å². The molecule has 4 rings (SSSR count). The third kappa shape index (κ3) is 12.2. The van der Waals surface area contributed by atoms with E-state index in [9.17, 15) is 4.79 Å². The van der Waals surface area contributed by atoms with Gasteiger partial charge >= 0.3 is 5.97 Å². The average molecular weight is 699 g/mol. The number of ether oxygens (including phenoxy) is 1. The first-order valence-corrected chi connectivity index (χ1v) is 21.8. The van der Waals surface area contributed by atoms with Crippen molar-refractivity contribution in [1.82, 2.24) is 0 Å². The Balaban J connectivity index is 1.09. The lowest BCUT2D eigenvalue weighted by Crippen LogP contribution is -2.51. The molecule has 0 aromatic heterocycles. The van der Waals surface area contributed by atoms with Crippen molar-refractivity contribution in [3.8, 4) is 0 Å². The van der Waals surface area contributed by atoms with Gasteiger partial charge in [0.25, 0.3) is 0 Å². The van der Waals surface area contributed by atoms with E-state index in [1.54, 1.807) is 5.57 Å². The van der Waals surface area contributed by atoms with Crippen LogP contribution in [0.4, 0.5) is 0 Å². The molecule has 0 bridgehead atoms. The minimum atomic E-state index is 0.0284. The van der Waals surface area contributed by atoms with E-state index in [-0.39, 0.29) is 12.1 Å². The quantitative estimate of drug-likeness (QED) is 0.0677. The number of allylic oxidation sites excluding steroid dienone is 11. The molecule has 2 heteroatoms. The maximum Gasteiger partial charge on any atom is 0.306 e. The minimum Gasteiger partial charge on any atom is -0.462 e. The van der Waals surface area contributed by atoms with Crippen LogP contribution >= 0.6 is 0 Å². The summed E-state index contributed by atoms with van der Waals surface area (Å²) in [6.07, 6.45) is 49.7. The molecular formula is C49H78O2. The topological polar surface area (TPSA) is 26.3 Å². The van der Waals surface area contributed by atoms with Gasteiger partial charge in [0.15, 0.2) is 0 Å². The number of rotatable bonds is 21. The largest absolute Gasteiger partial charge is 0.462 e. The fraction of sp³-hybridized carbons (Fsp3) is 0.735. The van der Waals surface area contributed by atoms with E-state index in [1.807, 2.05) is 0 Å². The van der Waals surface area contributed by atoms with E-state index in [0.717, 1.165) is 106 Å². The molecule has 0 spiro atoms. The van der Waals surface area contributed by atoms with Gasteiger partial charge in [0.2, 0.25) is 0 Å². The Morgan fingerprint density at radius 3 is 2.10 bits per heavy atom. The fourth-order valence-corrected chi connectivity index (χ4v) is 11.1. The molecule has 3 fully saturated rings. The van der Waals surface area contributed by atoms with Crippen molar-refractivity contribution in [2.75, 3.05) is 0 Å². The molecule has 0 amide bonds. The van der Waals surface area contributed by atoms with Crippen molar-refractivity contribution in [1.29, 1.82) is 0 Å². The summed E-state index contributed by atoms with van der Waals surface area (Å²) in [6, 6.07) is 0. The fourth-order valence-electron chi connectivity index (χ4n) is 11.1. The molecule has 0 aromatic carbocycles. The van der Waals surface area contributed by atoms with Gasteiger partial charge in [0.1, 0.15) is 6.10 Å². The Morgan fingerprint density at radius 1 is 0.765 bits per heavy atom. The van der Waals surface area contributed by atoms with Crippen molar-refractivity contribution in [3.05, 3.63) is 72.4 Å². The van der Waals surface area contributed by atoms with Gasteiger partial charge in [-0.05, 0) is 143 Å². The molecule has 4 aliphatic rings. The normalized spacial score (nSPS) is 31.6. The van der Waals surface area contributed by atoms with E-state index in [2.05, 4.69) is 108 Å². The summed E-state index contributed by atoms with van der Waals surface area (Å²) in [5.74, 6) is 5.24. The first-order valence-electron chi connectivity index (χ1n) is 21.8. The minimum absolute atomic E-state index is 0.0284. The van der Waals surface area contributed by atoms with Crippen LogP contribution in [0.1, 0.15) is 176 Å². The van der Waals surface area contributed by atoms with Gasteiger partial charge in [0.05, 0.1) is 0 Å². The van der Waals surface area contributed by atoms with Gasteiger partial charge in [-0.2, -0.15) is 0 Å². The predicted molar refractivity (Wildman–Crippen MR) is 220 cm³/mol. The highest BCUT2D eigenvalue weighted by Gasteiger charge is 2.59. The predicted octanol–water partition coefficient (Wildman–Crippen LogP) is 14.6. The van der Waals surface area contributed by atoms with Crippen LogP contribution < -0.4 is 0 Å². The van der Waals surface area contributed by atoms with E-state index in [1.165, 1.54) is 57.8 Å². The second kappa shape index (κ2) is 21.6. The Kier molecular flexibility index (Phi) is 17.6. The van der Waals surface area contributed by atoms with Gasteiger partial charge in [-0.3, -0.25) is 4.79 Å². The van der Waals surface area contributed by atoms with Crippen LogP contribution in [0.15, 0.2) is 72.4 Å². The van der Waals surface area contributed by atoms with Crippen LogP contribution in [0.25, 0.3) is 0 Å². The zero-order valence-electron chi connectivity index (χ0n) is 34.1. The van der Waals surface area contributed by atoms with Crippen LogP contribution in [0.2, 0.25) is 0 Å². The maximum absolute atomic E-state index is 12.8. The molecule has 3 saturated carbocycles. The first-order chi connectivity index (χ1) is 24.7. The van der Waals surface area contributed by atoms with Crippen LogP contribution in [0.3, 0.4) is 0 Å². The van der Waals surface area contributed by atoms with Gasteiger partial charge in [-0.15, -0.1) is 0 Å². The smallest absolute Gasteiger partial charge is 0.306 e. The second-order valence-electron chi connectivity index (χ2n) is 18.0. The number of hydrogen-bond donors (Lipinski definition) is 0. The molecule has 0 radical (unpaired) electrons. The number of carbonyl (C=O) groups is 1. The second-order valence-corrected chi connectivity index (χ2v) is 18.0. The Hall–Kier alpha value is -2.09. The summed E-state index contributed by atoms with van der Waals surface area (Å²) in [6.45, 7) is 14.8. The summed E-state index contributed by atoms with van der Waals surface area (Å²) in [4.78, 5) is 12.8. The summed E-state index contributed by atoms with van der Waals surface area (Å²) in [7, 11) is 0. The lowest BCUT2D eigenvalue weighted by molar-refractivity contribution is -0.151. The van der Waals surface area contributed by atoms with Crippen molar-refractivity contribution >= 4 is 5.97 Å². The Labute approximate surface area is 315 Å². The molecule has 2 nitrogen and oxygen atoms in total. The van der Waals surface area contributed by atoms with Gasteiger partial charge in [0, 0.05) is 12.8 Å². The van der Waals surface area contributed by atoms with E-state index in [0.29, 0.717) is 17.3 Å². The summed E-state index contributed by atoms with van der Waals surface area (Å²) in [5, 5.41) is 0. The van der Waals surface area contributed by atoms with Crippen LogP contribution in [-0.2, 0) is 9.53 Å². The van der Waals surface area contributed by atoms with Crippen LogP contribution in [-0.4, -0.2) is 12.1 Å². The zero-order valence-corrected chi connectivity index (χ0v) is 34.1. The van der Waals surface area contributed by atoms with E-state index in [4.69, 9.17) is 4.74 Å².